The molecule has 0 heterocycles. The van der Waals surface area contributed by atoms with E-state index in [-0.39, 0.29) is 0 Å². The van der Waals surface area contributed by atoms with E-state index in [9.17, 15) is 0 Å². The van der Waals surface area contributed by atoms with Crippen molar-refractivity contribution in [2.24, 2.45) is 0 Å². The van der Waals surface area contributed by atoms with Gasteiger partial charge in [-0.1, -0.05) is 41.9 Å². The Balaban J connectivity index is 2.52. The fraction of sp³-hybridized carbons (Fsp3) is 0.364. The third kappa shape index (κ3) is 3.40. The first kappa shape index (κ1) is 9.79. The van der Waals surface area contributed by atoms with Crippen LogP contribution in [0.25, 0.3) is 0 Å². The lowest BCUT2D eigenvalue weighted by Crippen LogP contribution is -1.89. The van der Waals surface area contributed by atoms with Gasteiger partial charge in [0.2, 0.25) is 0 Å². The first-order valence-corrected chi connectivity index (χ1v) is 5.01. The van der Waals surface area contributed by atoms with Crippen LogP contribution in [0.3, 0.4) is 0 Å². The zero-order valence-electron chi connectivity index (χ0n) is 7.60. The maximum Gasteiger partial charge on any atom is 0.0177 e. The molecule has 0 fully saturated rings. The second-order valence-electron chi connectivity index (χ2n) is 3.34. The van der Waals surface area contributed by atoms with Crippen molar-refractivity contribution >= 4 is 15.9 Å². The number of hydrogen-bond acceptors (Lipinski definition) is 0. The molecule has 0 aliphatic rings. The largest absolute Gasteiger partial charge is 0.0609 e. The molecular formula is C11H14Br. The van der Waals surface area contributed by atoms with Crippen molar-refractivity contribution in [3.63, 3.8) is 0 Å². The summed E-state index contributed by atoms with van der Waals surface area (Å²) >= 11 is 3.46. The molecule has 1 radical (unpaired) electrons. The summed E-state index contributed by atoms with van der Waals surface area (Å²) in [4.78, 5) is 0. The normalized spacial score (nSPS) is 10.7. The van der Waals surface area contributed by atoms with E-state index in [0.717, 1.165) is 6.42 Å². The van der Waals surface area contributed by atoms with Crippen LogP contribution in [0.4, 0.5) is 0 Å². The van der Waals surface area contributed by atoms with E-state index >= 15 is 0 Å². The van der Waals surface area contributed by atoms with E-state index in [4.69, 9.17) is 0 Å². The lowest BCUT2D eigenvalue weighted by atomic mass is 10.0. The fourth-order valence-electron chi connectivity index (χ4n) is 1.09. The van der Waals surface area contributed by atoms with E-state index < -0.39 is 0 Å². The summed E-state index contributed by atoms with van der Waals surface area (Å²) in [6.45, 7) is 4.36. The Morgan fingerprint density at radius 2 is 2.08 bits per heavy atom. The maximum atomic E-state index is 3.46. The summed E-state index contributed by atoms with van der Waals surface area (Å²) in [6, 6.07) is 8.51. The molecule has 0 spiro atoms. The van der Waals surface area contributed by atoms with Gasteiger partial charge in [-0.05, 0) is 36.5 Å². The standard InChI is InChI=1S/C11H14Br/c1-9(2)6-7-10-4-3-5-11(12)8-10/h3-5,8H,6-7H2,1-2H3. The van der Waals surface area contributed by atoms with Gasteiger partial charge in [0.25, 0.3) is 0 Å². The van der Waals surface area contributed by atoms with Crippen molar-refractivity contribution in [3.05, 3.63) is 40.2 Å². The van der Waals surface area contributed by atoms with Crippen LogP contribution in [0.1, 0.15) is 25.8 Å². The lowest BCUT2D eigenvalue weighted by Gasteiger charge is -2.03. The molecule has 0 bridgehead atoms. The Hall–Kier alpha value is -0.300. The molecule has 1 rings (SSSR count). The van der Waals surface area contributed by atoms with Crippen LogP contribution in [0, 0.1) is 5.92 Å². The van der Waals surface area contributed by atoms with Crippen LogP contribution in [0.2, 0.25) is 0 Å². The van der Waals surface area contributed by atoms with Gasteiger partial charge in [0.1, 0.15) is 0 Å². The van der Waals surface area contributed by atoms with Crippen molar-refractivity contribution in [1.29, 1.82) is 0 Å². The van der Waals surface area contributed by atoms with E-state index in [0.29, 0.717) is 0 Å². The third-order valence-electron chi connectivity index (χ3n) is 1.80. The highest BCUT2D eigenvalue weighted by atomic mass is 79.9. The zero-order valence-corrected chi connectivity index (χ0v) is 9.19. The highest BCUT2D eigenvalue weighted by Gasteiger charge is 1.97. The number of halogens is 1. The smallest absolute Gasteiger partial charge is 0.0177 e. The van der Waals surface area contributed by atoms with Crippen molar-refractivity contribution < 1.29 is 0 Å². The first-order valence-electron chi connectivity index (χ1n) is 4.22. The maximum absolute atomic E-state index is 3.46. The van der Waals surface area contributed by atoms with Crippen LogP contribution in [0.15, 0.2) is 28.7 Å². The minimum absolute atomic E-state index is 1.15. The van der Waals surface area contributed by atoms with E-state index in [1.807, 2.05) is 0 Å². The van der Waals surface area contributed by atoms with Crippen LogP contribution < -0.4 is 0 Å². The quantitative estimate of drug-likeness (QED) is 0.730. The van der Waals surface area contributed by atoms with Gasteiger partial charge in [0, 0.05) is 4.47 Å². The number of aryl methyl sites for hydroxylation is 1. The molecule has 1 aromatic carbocycles. The van der Waals surface area contributed by atoms with Crippen molar-refractivity contribution in [3.8, 4) is 0 Å². The van der Waals surface area contributed by atoms with Gasteiger partial charge >= 0.3 is 0 Å². The Bertz CT molecular complexity index is 241. The summed E-state index contributed by atoms with van der Waals surface area (Å²) in [5, 5.41) is 0. The van der Waals surface area contributed by atoms with E-state index in [1.165, 1.54) is 22.4 Å². The average molecular weight is 226 g/mol. The zero-order chi connectivity index (χ0) is 8.97. The Morgan fingerprint density at radius 1 is 1.33 bits per heavy atom. The van der Waals surface area contributed by atoms with Crippen LogP contribution in [-0.2, 0) is 6.42 Å². The summed E-state index contributed by atoms with van der Waals surface area (Å²) in [5.74, 6) is 1.50. The lowest BCUT2D eigenvalue weighted by molar-refractivity contribution is 0.831. The molecular weight excluding hydrogens is 212 g/mol. The molecule has 0 aliphatic heterocycles. The molecule has 0 nitrogen and oxygen atoms in total. The third-order valence-corrected chi connectivity index (χ3v) is 2.30. The number of hydrogen-bond donors (Lipinski definition) is 0. The molecule has 0 saturated heterocycles. The second-order valence-corrected chi connectivity index (χ2v) is 4.25. The summed E-state index contributed by atoms with van der Waals surface area (Å²) in [7, 11) is 0. The number of benzene rings is 1. The van der Waals surface area contributed by atoms with Crippen LogP contribution >= 0.6 is 15.9 Å². The van der Waals surface area contributed by atoms with Gasteiger partial charge in [-0.25, -0.2) is 0 Å². The van der Waals surface area contributed by atoms with Gasteiger partial charge < -0.3 is 0 Å². The highest BCUT2D eigenvalue weighted by molar-refractivity contribution is 9.10. The summed E-state index contributed by atoms with van der Waals surface area (Å²) in [6.07, 6.45) is 2.35. The Kier molecular flexibility index (Phi) is 3.80. The Morgan fingerprint density at radius 3 is 2.67 bits per heavy atom. The average Bonchev–Trinajstić information content (AvgIpc) is 2.01. The highest BCUT2D eigenvalue weighted by Crippen LogP contribution is 2.15. The van der Waals surface area contributed by atoms with E-state index in [1.54, 1.807) is 0 Å². The van der Waals surface area contributed by atoms with Gasteiger partial charge in [0.05, 0.1) is 0 Å². The SMILES string of the molecule is C[C](C)CCc1cccc(Br)c1. The molecule has 0 atom stereocenters. The molecule has 65 valence electrons. The Labute approximate surface area is 83.1 Å². The van der Waals surface area contributed by atoms with Crippen molar-refractivity contribution in [2.75, 3.05) is 0 Å². The molecule has 0 aromatic heterocycles. The first-order chi connectivity index (χ1) is 5.68. The van der Waals surface area contributed by atoms with Crippen molar-refractivity contribution in [1.82, 2.24) is 0 Å². The second kappa shape index (κ2) is 4.66. The van der Waals surface area contributed by atoms with Crippen LogP contribution in [-0.4, -0.2) is 0 Å². The monoisotopic (exact) mass is 225 g/mol. The molecule has 12 heavy (non-hydrogen) atoms. The topological polar surface area (TPSA) is 0 Å². The van der Waals surface area contributed by atoms with Crippen LogP contribution in [0.5, 0.6) is 0 Å². The molecule has 0 saturated carbocycles. The molecule has 1 aromatic rings. The predicted octanol–water partition coefficient (Wildman–Crippen LogP) is 4.00. The molecule has 1 heteroatoms. The van der Waals surface area contributed by atoms with E-state index in [2.05, 4.69) is 54.0 Å². The number of rotatable bonds is 3. The summed E-state index contributed by atoms with van der Waals surface area (Å²) in [5.41, 5.74) is 1.41. The van der Waals surface area contributed by atoms with Gasteiger partial charge in [-0.15, -0.1) is 0 Å². The fourth-order valence-corrected chi connectivity index (χ4v) is 1.53. The summed E-state index contributed by atoms with van der Waals surface area (Å²) < 4.78 is 1.17. The minimum atomic E-state index is 1.15. The molecule has 0 unspecified atom stereocenters. The minimum Gasteiger partial charge on any atom is -0.0609 e. The molecule has 0 N–H and O–H groups in total. The molecule has 0 amide bonds. The van der Waals surface area contributed by atoms with Gasteiger partial charge in [0.15, 0.2) is 0 Å². The van der Waals surface area contributed by atoms with Gasteiger partial charge in [-0.2, -0.15) is 0 Å². The molecule has 0 aliphatic carbocycles. The van der Waals surface area contributed by atoms with Crippen molar-refractivity contribution in [2.45, 2.75) is 26.7 Å². The predicted molar refractivity (Wildman–Crippen MR) is 57.1 cm³/mol. The van der Waals surface area contributed by atoms with Gasteiger partial charge in [-0.3, -0.25) is 0 Å².